The minimum Gasteiger partial charge on any atom is -0.396 e. The first-order valence-corrected chi connectivity index (χ1v) is 6.55. The van der Waals surface area contributed by atoms with Gasteiger partial charge < -0.3 is 15.7 Å². The zero-order chi connectivity index (χ0) is 14.6. The third kappa shape index (κ3) is 4.36. The van der Waals surface area contributed by atoms with Crippen LogP contribution in [0, 0.1) is 19.8 Å². The number of amides is 2. The number of nitrogens with one attached hydrogen (secondary N) is 2. The van der Waals surface area contributed by atoms with Gasteiger partial charge in [-0.2, -0.15) is 0 Å². The maximum absolute atomic E-state index is 11.8. The number of hydrogen-bond acceptors (Lipinski definition) is 3. The highest BCUT2D eigenvalue weighted by atomic mass is 35.5. The van der Waals surface area contributed by atoms with E-state index in [2.05, 4.69) is 15.6 Å². The van der Waals surface area contributed by atoms with E-state index in [1.807, 2.05) is 33.8 Å². The van der Waals surface area contributed by atoms with Crippen LogP contribution >= 0.6 is 11.6 Å². The summed E-state index contributed by atoms with van der Waals surface area (Å²) in [5.41, 5.74) is 2.17. The lowest BCUT2D eigenvalue weighted by molar-refractivity contribution is 0.204. The van der Waals surface area contributed by atoms with Crippen molar-refractivity contribution in [2.45, 2.75) is 33.7 Å². The smallest absolute Gasteiger partial charge is 0.319 e. The maximum Gasteiger partial charge on any atom is 0.319 e. The standard InChI is InChI=1S/C13H20ClN3O2/c1-7-5-9(3)15-12(14)11(7)17-13(19)16-10(4)8(2)6-18/h5,8,10,18H,6H2,1-4H3,(H2,16,17,19). The average molecular weight is 286 g/mol. The van der Waals surface area contributed by atoms with Gasteiger partial charge in [0.2, 0.25) is 0 Å². The minimum absolute atomic E-state index is 0.0153. The molecule has 19 heavy (non-hydrogen) atoms. The molecular formula is C13H20ClN3O2. The first kappa shape index (κ1) is 15.7. The molecule has 106 valence electrons. The molecular weight excluding hydrogens is 266 g/mol. The fourth-order valence-electron chi connectivity index (χ4n) is 1.60. The summed E-state index contributed by atoms with van der Waals surface area (Å²) in [4.78, 5) is 15.9. The van der Waals surface area contributed by atoms with Crippen molar-refractivity contribution in [2.24, 2.45) is 5.92 Å². The SMILES string of the molecule is Cc1cc(C)c(NC(=O)NC(C)C(C)CO)c(Cl)n1. The van der Waals surface area contributed by atoms with Crippen molar-refractivity contribution in [1.29, 1.82) is 0 Å². The molecule has 0 aliphatic rings. The third-order valence-corrected chi connectivity index (χ3v) is 3.31. The lowest BCUT2D eigenvalue weighted by Crippen LogP contribution is -2.41. The monoisotopic (exact) mass is 285 g/mol. The summed E-state index contributed by atoms with van der Waals surface area (Å²) in [7, 11) is 0. The highest BCUT2D eigenvalue weighted by Gasteiger charge is 2.16. The number of aliphatic hydroxyl groups is 1. The Kier molecular flexibility index (Phi) is 5.57. The number of anilines is 1. The molecule has 0 fully saturated rings. The Labute approximate surface area is 118 Å². The van der Waals surface area contributed by atoms with Gasteiger partial charge in [0.1, 0.15) is 0 Å². The van der Waals surface area contributed by atoms with E-state index in [0.717, 1.165) is 11.3 Å². The Bertz CT molecular complexity index is 442. The number of aliphatic hydroxyl groups excluding tert-OH is 1. The lowest BCUT2D eigenvalue weighted by atomic mass is 10.1. The number of aromatic nitrogens is 1. The number of aryl methyl sites for hydroxylation is 2. The fraction of sp³-hybridized carbons (Fsp3) is 0.538. The van der Waals surface area contributed by atoms with Crippen LogP contribution in [0.1, 0.15) is 25.1 Å². The zero-order valence-corrected chi connectivity index (χ0v) is 12.4. The van der Waals surface area contributed by atoms with Crippen molar-refractivity contribution in [3.8, 4) is 0 Å². The molecule has 0 aliphatic carbocycles. The van der Waals surface area contributed by atoms with Crippen LogP contribution in [0.4, 0.5) is 10.5 Å². The van der Waals surface area contributed by atoms with E-state index in [-0.39, 0.29) is 29.8 Å². The van der Waals surface area contributed by atoms with Crippen LogP contribution < -0.4 is 10.6 Å². The summed E-state index contributed by atoms with van der Waals surface area (Å²) in [5, 5.41) is 14.7. The summed E-state index contributed by atoms with van der Waals surface area (Å²) in [5.74, 6) is -0.0153. The molecule has 1 rings (SSSR count). The average Bonchev–Trinajstić information content (AvgIpc) is 2.32. The highest BCUT2D eigenvalue weighted by molar-refractivity contribution is 6.32. The quantitative estimate of drug-likeness (QED) is 0.744. The first-order chi connectivity index (χ1) is 8.85. The Balaban J connectivity index is 2.73. The fourth-order valence-corrected chi connectivity index (χ4v) is 1.93. The van der Waals surface area contributed by atoms with Crippen LogP contribution in [0.2, 0.25) is 5.15 Å². The molecule has 1 aromatic heterocycles. The number of carbonyl (C=O) groups excluding carboxylic acids is 1. The van der Waals surface area contributed by atoms with Gasteiger partial charge in [0.25, 0.3) is 0 Å². The summed E-state index contributed by atoms with van der Waals surface area (Å²) in [6.45, 7) is 7.41. The summed E-state index contributed by atoms with van der Waals surface area (Å²) >= 11 is 6.01. The minimum atomic E-state index is -0.358. The van der Waals surface area contributed by atoms with E-state index in [1.54, 1.807) is 0 Å². The van der Waals surface area contributed by atoms with Crippen LogP contribution in [-0.2, 0) is 0 Å². The Morgan fingerprint density at radius 2 is 2.11 bits per heavy atom. The Morgan fingerprint density at radius 1 is 1.47 bits per heavy atom. The van der Waals surface area contributed by atoms with Crippen LogP contribution in [0.5, 0.6) is 0 Å². The van der Waals surface area contributed by atoms with E-state index >= 15 is 0 Å². The van der Waals surface area contributed by atoms with Gasteiger partial charge in [0.05, 0.1) is 5.69 Å². The normalized spacial score (nSPS) is 13.8. The number of urea groups is 1. The van der Waals surface area contributed by atoms with E-state index in [0.29, 0.717) is 5.69 Å². The van der Waals surface area contributed by atoms with Gasteiger partial charge in [0, 0.05) is 18.3 Å². The number of rotatable bonds is 4. The largest absolute Gasteiger partial charge is 0.396 e. The molecule has 3 N–H and O–H groups in total. The van der Waals surface area contributed by atoms with Gasteiger partial charge >= 0.3 is 6.03 Å². The van der Waals surface area contributed by atoms with Crippen molar-refractivity contribution in [2.75, 3.05) is 11.9 Å². The van der Waals surface area contributed by atoms with E-state index in [4.69, 9.17) is 16.7 Å². The Morgan fingerprint density at radius 3 is 2.63 bits per heavy atom. The van der Waals surface area contributed by atoms with Gasteiger partial charge in [0.15, 0.2) is 5.15 Å². The van der Waals surface area contributed by atoms with Crippen molar-refractivity contribution in [1.82, 2.24) is 10.3 Å². The molecule has 2 amide bonds. The van der Waals surface area contributed by atoms with Crippen LogP contribution in [0.3, 0.4) is 0 Å². The van der Waals surface area contributed by atoms with Crippen molar-refractivity contribution >= 4 is 23.3 Å². The Hall–Kier alpha value is -1.33. The highest BCUT2D eigenvalue weighted by Crippen LogP contribution is 2.24. The van der Waals surface area contributed by atoms with Crippen molar-refractivity contribution < 1.29 is 9.90 Å². The topological polar surface area (TPSA) is 74.2 Å². The zero-order valence-electron chi connectivity index (χ0n) is 11.6. The molecule has 5 nitrogen and oxygen atoms in total. The van der Waals surface area contributed by atoms with Crippen LogP contribution in [-0.4, -0.2) is 28.8 Å². The summed E-state index contributed by atoms with van der Waals surface area (Å²) in [6.07, 6.45) is 0. The molecule has 0 bridgehead atoms. The van der Waals surface area contributed by atoms with Crippen molar-refractivity contribution in [3.63, 3.8) is 0 Å². The molecule has 0 radical (unpaired) electrons. The molecule has 0 aliphatic heterocycles. The molecule has 6 heteroatoms. The number of carbonyl (C=O) groups is 1. The summed E-state index contributed by atoms with van der Waals surface area (Å²) < 4.78 is 0. The molecule has 2 atom stereocenters. The summed E-state index contributed by atoms with van der Waals surface area (Å²) in [6, 6.07) is 1.35. The van der Waals surface area contributed by atoms with Gasteiger partial charge in [-0.25, -0.2) is 9.78 Å². The van der Waals surface area contributed by atoms with Crippen LogP contribution in [0.15, 0.2) is 6.07 Å². The molecule has 0 saturated carbocycles. The molecule has 2 unspecified atom stereocenters. The lowest BCUT2D eigenvalue weighted by Gasteiger charge is -2.20. The molecule has 0 saturated heterocycles. The molecule has 1 heterocycles. The van der Waals surface area contributed by atoms with E-state index < -0.39 is 0 Å². The molecule has 0 spiro atoms. The first-order valence-electron chi connectivity index (χ1n) is 6.17. The molecule has 0 aromatic carbocycles. The van der Waals surface area contributed by atoms with Crippen molar-refractivity contribution in [3.05, 3.63) is 22.5 Å². The molecule has 1 aromatic rings. The second-order valence-electron chi connectivity index (χ2n) is 4.79. The van der Waals surface area contributed by atoms with E-state index in [1.165, 1.54) is 0 Å². The number of nitrogens with zero attached hydrogens (tertiary/aromatic N) is 1. The van der Waals surface area contributed by atoms with E-state index in [9.17, 15) is 4.79 Å². The third-order valence-electron chi connectivity index (χ3n) is 3.04. The number of halogens is 1. The number of hydrogen-bond donors (Lipinski definition) is 3. The maximum atomic E-state index is 11.8. The second kappa shape index (κ2) is 6.73. The second-order valence-corrected chi connectivity index (χ2v) is 5.15. The van der Waals surface area contributed by atoms with Gasteiger partial charge in [-0.15, -0.1) is 0 Å². The van der Waals surface area contributed by atoms with Gasteiger partial charge in [-0.05, 0) is 38.3 Å². The predicted octanol–water partition coefficient (Wildman–Crippen LogP) is 2.49. The van der Waals surface area contributed by atoms with Gasteiger partial charge in [-0.3, -0.25) is 0 Å². The predicted molar refractivity (Wildman–Crippen MR) is 76.6 cm³/mol. The van der Waals surface area contributed by atoms with Gasteiger partial charge in [-0.1, -0.05) is 18.5 Å². The van der Waals surface area contributed by atoms with Crippen LogP contribution in [0.25, 0.3) is 0 Å². The number of pyridine rings is 1.